The maximum absolute atomic E-state index is 13.0. The minimum absolute atomic E-state index is 0.0260. The largest absolute Gasteiger partial charge is 0.433 e. The Balaban J connectivity index is 2.29. The monoisotopic (exact) mass is 349 g/mol. The van der Waals surface area contributed by atoms with Crippen LogP contribution in [0.5, 0.6) is 0 Å². The molecule has 0 saturated carbocycles. The number of rotatable bonds is 3. The number of anilines is 1. The molecule has 3 heterocycles. The topological polar surface area (TPSA) is 63.9 Å². The fraction of sp³-hybridized carbons (Fsp3) is 0.250. The molecule has 0 radical (unpaired) electrons. The number of hydrogen-bond donors (Lipinski definition) is 0. The zero-order valence-electron chi connectivity index (χ0n) is 13.4. The maximum Gasteiger partial charge on any atom is 0.433 e. The predicted octanol–water partition coefficient (Wildman–Crippen LogP) is 2.32. The van der Waals surface area contributed by atoms with Gasteiger partial charge in [-0.25, -0.2) is 9.78 Å². The zero-order chi connectivity index (χ0) is 18.2. The molecule has 0 N–H and O–H groups in total. The highest BCUT2D eigenvalue weighted by Crippen LogP contribution is 2.30. The molecule has 0 bridgehead atoms. The van der Waals surface area contributed by atoms with Crippen LogP contribution in [0.3, 0.4) is 0 Å². The Bertz CT molecular complexity index is 967. The average Bonchev–Trinajstić information content (AvgIpc) is 2.56. The van der Waals surface area contributed by atoms with Gasteiger partial charge in [-0.05, 0) is 23.8 Å². The van der Waals surface area contributed by atoms with E-state index in [1.165, 1.54) is 12.3 Å². The maximum atomic E-state index is 13.0. The van der Waals surface area contributed by atoms with Crippen molar-refractivity contribution in [1.82, 2.24) is 19.5 Å². The standard InChI is InChI=1S/C16H14F3N5O/c1-23(2)13-11-5-6-12(16(17,18)19)21-14(11)24(15(25)22-13)9-10-4-3-7-20-8-10/h3-8H,9H2,1-2H3. The van der Waals surface area contributed by atoms with E-state index in [1.54, 1.807) is 37.3 Å². The van der Waals surface area contributed by atoms with Crippen molar-refractivity contribution in [3.63, 3.8) is 0 Å². The van der Waals surface area contributed by atoms with Crippen molar-refractivity contribution in [2.24, 2.45) is 0 Å². The van der Waals surface area contributed by atoms with Gasteiger partial charge < -0.3 is 4.90 Å². The second-order valence-electron chi connectivity index (χ2n) is 5.63. The number of aromatic nitrogens is 4. The van der Waals surface area contributed by atoms with Crippen LogP contribution in [-0.2, 0) is 12.7 Å². The molecule has 0 atom stereocenters. The highest BCUT2D eigenvalue weighted by Gasteiger charge is 2.33. The summed E-state index contributed by atoms with van der Waals surface area (Å²) in [7, 11) is 3.31. The van der Waals surface area contributed by atoms with Crippen LogP contribution in [0.15, 0.2) is 41.5 Å². The van der Waals surface area contributed by atoms with Crippen molar-refractivity contribution in [2.45, 2.75) is 12.7 Å². The lowest BCUT2D eigenvalue weighted by atomic mass is 10.2. The first kappa shape index (κ1) is 16.9. The number of alkyl halides is 3. The van der Waals surface area contributed by atoms with E-state index in [0.29, 0.717) is 10.9 Å². The molecule has 0 saturated heterocycles. The number of pyridine rings is 2. The minimum atomic E-state index is -4.61. The van der Waals surface area contributed by atoms with Crippen LogP contribution < -0.4 is 10.6 Å². The molecule has 0 aliphatic heterocycles. The fourth-order valence-electron chi connectivity index (χ4n) is 2.45. The van der Waals surface area contributed by atoms with Crippen LogP contribution in [0, 0.1) is 0 Å². The average molecular weight is 349 g/mol. The third-order valence-electron chi connectivity index (χ3n) is 3.58. The summed E-state index contributed by atoms with van der Waals surface area (Å²) in [6.07, 6.45) is -1.51. The number of nitrogens with zero attached hydrogens (tertiary/aromatic N) is 5. The van der Waals surface area contributed by atoms with Gasteiger partial charge in [0.25, 0.3) is 0 Å². The molecule has 0 unspecified atom stereocenters. The molecule has 3 aromatic rings. The number of hydrogen-bond acceptors (Lipinski definition) is 5. The smallest absolute Gasteiger partial charge is 0.362 e. The van der Waals surface area contributed by atoms with E-state index in [0.717, 1.165) is 10.6 Å². The van der Waals surface area contributed by atoms with Crippen LogP contribution in [0.25, 0.3) is 11.0 Å². The van der Waals surface area contributed by atoms with E-state index in [-0.39, 0.29) is 18.0 Å². The van der Waals surface area contributed by atoms with Gasteiger partial charge in [0.15, 0.2) is 0 Å². The van der Waals surface area contributed by atoms with Crippen molar-refractivity contribution in [3.05, 3.63) is 58.4 Å². The van der Waals surface area contributed by atoms with E-state index < -0.39 is 17.6 Å². The third-order valence-corrected chi connectivity index (χ3v) is 3.58. The van der Waals surface area contributed by atoms with Gasteiger partial charge in [-0.1, -0.05) is 6.07 Å². The molecule has 25 heavy (non-hydrogen) atoms. The van der Waals surface area contributed by atoms with Gasteiger partial charge in [-0.3, -0.25) is 9.55 Å². The van der Waals surface area contributed by atoms with Gasteiger partial charge in [0.05, 0.1) is 11.9 Å². The molecule has 0 aromatic carbocycles. The highest BCUT2D eigenvalue weighted by molar-refractivity contribution is 5.87. The normalized spacial score (nSPS) is 11.7. The van der Waals surface area contributed by atoms with Crippen LogP contribution in [0.1, 0.15) is 11.3 Å². The first-order chi connectivity index (χ1) is 11.8. The van der Waals surface area contributed by atoms with Crippen molar-refractivity contribution >= 4 is 16.9 Å². The van der Waals surface area contributed by atoms with Crippen molar-refractivity contribution in [3.8, 4) is 0 Å². The molecule has 0 fully saturated rings. The van der Waals surface area contributed by atoms with Gasteiger partial charge in [0.2, 0.25) is 0 Å². The summed E-state index contributed by atoms with van der Waals surface area (Å²) in [5, 5.41) is 0.362. The first-order valence-electron chi connectivity index (χ1n) is 7.32. The molecule has 9 heteroatoms. The second kappa shape index (κ2) is 6.15. The van der Waals surface area contributed by atoms with Crippen molar-refractivity contribution in [1.29, 1.82) is 0 Å². The number of halogens is 3. The van der Waals surface area contributed by atoms with Gasteiger partial charge in [-0.15, -0.1) is 0 Å². The summed E-state index contributed by atoms with van der Waals surface area (Å²) >= 11 is 0. The lowest BCUT2D eigenvalue weighted by Gasteiger charge is -2.17. The molecule has 3 aromatic heterocycles. The fourth-order valence-corrected chi connectivity index (χ4v) is 2.45. The Morgan fingerprint density at radius 1 is 1.16 bits per heavy atom. The van der Waals surface area contributed by atoms with Crippen LogP contribution >= 0.6 is 0 Å². The van der Waals surface area contributed by atoms with Gasteiger partial charge in [-0.2, -0.15) is 18.2 Å². The summed E-state index contributed by atoms with van der Waals surface area (Å²) in [6, 6.07) is 5.57. The summed E-state index contributed by atoms with van der Waals surface area (Å²) in [4.78, 5) is 25.6. The molecule has 0 aliphatic rings. The molecular weight excluding hydrogens is 335 g/mol. The van der Waals surface area contributed by atoms with Crippen LogP contribution in [0.2, 0.25) is 0 Å². The Kier molecular flexibility index (Phi) is 4.15. The second-order valence-corrected chi connectivity index (χ2v) is 5.63. The molecule has 0 aliphatic carbocycles. The lowest BCUT2D eigenvalue weighted by molar-refractivity contribution is -0.141. The predicted molar refractivity (Wildman–Crippen MR) is 86.5 cm³/mol. The van der Waals surface area contributed by atoms with Crippen molar-refractivity contribution < 1.29 is 13.2 Å². The molecule has 0 amide bonds. The SMILES string of the molecule is CN(C)c1nc(=O)n(Cc2cccnc2)c2nc(C(F)(F)F)ccc12. The lowest BCUT2D eigenvalue weighted by Crippen LogP contribution is -2.28. The Morgan fingerprint density at radius 3 is 2.52 bits per heavy atom. The molecule has 0 spiro atoms. The highest BCUT2D eigenvalue weighted by atomic mass is 19.4. The summed E-state index contributed by atoms with van der Waals surface area (Å²) in [5.74, 6) is 0.267. The summed E-state index contributed by atoms with van der Waals surface area (Å²) < 4.78 is 40.3. The summed E-state index contributed by atoms with van der Waals surface area (Å²) in [6.45, 7) is 0.0260. The van der Waals surface area contributed by atoms with Crippen LogP contribution in [-0.4, -0.2) is 33.6 Å². The van der Waals surface area contributed by atoms with E-state index in [9.17, 15) is 18.0 Å². The Morgan fingerprint density at radius 2 is 1.92 bits per heavy atom. The number of fused-ring (bicyclic) bond motifs is 1. The van der Waals surface area contributed by atoms with Gasteiger partial charge in [0, 0.05) is 26.5 Å². The minimum Gasteiger partial charge on any atom is -0.362 e. The summed E-state index contributed by atoms with van der Waals surface area (Å²) in [5.41, 5.74) is -1.14. The van der Waals surface area contributed by atoms with Crippen molar-refractivity contribution in [2.75, 3.05) is 19.0 Å². The molecule has 6 nitrogen and oxygen atoms in total. The van der Waals surface area contributed by atoms with E-state index in [1.807, 2.05) is 0 Å². The van der Waals surface area contributed by atoms with E-state index in [2.05, 4.69) is 15.0 Å². The van der Waals surface area contributed by atoms with Gasteiger partial charge >= 0.3 is 11.9 Å². The van der Waals surface area contributed by atoms with E-state index in [4.69, 9.17) is 0 Å². The Labute approximate surface area is 140 Å². The third kappa shape index (κ3) is 3.30. The van der Waals surface area contributed by atoms with Gasteiger partial charge in [0.1, 0.15) is 17.2 Å². The van der Waals surface area contributed by atoms with E-state index >= 15 is 0 Å². The molecular formula is C16H14F3N5O. The quantitative estimate of drug-likeness (QED) is 0.726. The van der Waals surface area contributed by atoms with Crippen LogP contribution in [0.4, 0.5) is 19.0 Å². The Hall–Kier alpha value is -2.97. The zero-order valence-corrected chi connectivity index (χ0v) is 13.4. The molecule has 130 valence electrons. The first-order valence-corrected chi connectivity index (χ1v) is 7.32. The molecule has 3 rings (SSSR count).